The fourth-order valence-corrected chi connectivity index (χ4v) is 5.44. The van der Waals surface area contributed by atoms with Gasteiger partial charge in [-0.1, -0.05) is 51.1 Å². The fourth-order valence-electron chi connectivity index (χ4n) is 4.35. The summed E-state index contributed by atoms with van der Waals surface area (Å²) in [5.74, 6) is 0. The van der Waals surface area contributed by atoms with Crippen LogP contribution >= 0.6 is 11.3 Å². The number of thiazole rings is 1. The van der Waals surface area contributed by atoms with Gasteiger partial charge in [0, 0.05) is 21.9 Å². The maximum absolute atomic E-state index is 5.15. The van der Waals surface area contributed by atoms with E-state index in [0.717, 1.165) is 5.69 Å². The Morgan fingerprint density at radius 3 is 2.15 bits per heavy atom. The molecule has 2 nitrogen and oxygen atoms in total. The van der Waals surface area contributed by atoms with Gasteiger partial charge in [0.25, 0.3) is 0 Å². The number of nitrogens with zero attached hydrogens (tertiary/aromatic N) is 2. The van der Waals surface area contributed by atoms with E-state index in [9.17, 15) is 0 Å². The molecule has 0 amide bonds. The normalized spacial score (nSPS) is 18.8. The molecular formula is C23H34N2S. The number of benzene rings is 1. The summed E-state index contributed by atoms with van der Waals surface area (Å²) in [5, 5.41) is 3.60. The van der Waals surface area contributed by atoms with Gasteiger partial charge in [0.1, 0.15) is 0 Å². The van der Waals surface area contributed by atoms with Crippen LogP contribution in [0.3, 0.4) is 0 Å². The molecule has 1 aliphatic heterocycles. The van der Waals surface area contributed by atoms with Crippen molar-refractivity contribution in [2.45, 2.75) is 71.8 Å². The summed E-state index contributed by atoms with van der Waals surface area (Å²) in [5.41, 5.74) is 3.15. The average molecular weight is 371 g/mol. The van der Waals surface area contributed by atoms with Crippen LogP contribution in [0.25, 0.3) is 11.3 Å². The minimum absolute atomic E-state index is 0.220. The number of piperidine rings is 1. The molecule has 0 radical (unpaired) electrons. The highest BCUT2D eigenvalue weighted by atomic mass is 32.1. The number of aromatic nitrogens is 1. The molecule has 1 aromatic carbocycles. The lowest BCUT2D eigenvalue weighted by atomic mass is 9.68. The summed E-state index contributed by atoms with van der Waals surface area (Å²) in [6.07, 6.45) is 3.63. The molecule has 0 atom stereocenters. The topological polar surface area (TPSA) is 16.1 Å². The second kappa shape index (κ2) is 7.09. The number of hydrogen-bond acceptors (Lipinski definition) is 3. The lowest BCUT2D eigenvalue weighted by Gasteiger charge is -2.47. The Morgan fingerprint density at radius 2 is 1.62 bits per heavy atom. The third-order valence-corrected chi connectivity index (χ3v) is 6.65. The molecule has 26 heavy (non-hydrogen) atoms. The monoisotopic (exact) mass is 370 g/mol. The van der Waals surface area contributed by atoms with Gasteiger partial charge >= 0.3 is 0 Å². The van der Waals surface area contributed by atoms with Crippen molar-refractivity contribution in [3.8, 4) is 11.3 Å². The Hall–Kier alpha value is -1.19. The Balaban J connectivity index is 1.90. The van der Waals surface area contributed by atoms with Crippen molar-refractivity contribution >= 4 is 11.3 Å². The highest BCUT2D eigenvalue weighted by Crippen LogP contribution is 2.46. The predicted octanol–water partition coefficient (Wildman–Crippen LogP) is 6.38. The highest BCUT2D eigenvalue weighted by molar-refractivity contribution is 7.10. The van der Waals surface area contributed by atoms with Gasteiger partial charge in [0.15, 0.2) is 0 Å². The first-order valence-corrected chi connectivity index (χ1v) is 10.7. The third-order valence-electron chi connectivity index (χ3n) is 5.57. The van der Waals surface area contributed by atoms with Crippen LogP contribution in [-0.2, 0) is 5.41 Å². The van der Waals surface area contributed by atoms with Gasteiger partial charge in [-0.3, -0.25) is 4.90 Å². The fraction of sp³-hybridized carbons (Fsp3) is 0.609. The van der Waals surface area contributed by atoms with Crippen LogP contribution in [0, 0.1) is 5.41 Å². The first-order chi connectivity index (χ1) is 12.1. The summed E-state index contributed by atoms with van der Waals surface area (Å²) in [7, 11) is 0. The zero-order valence-electron chi connectivity index (χ0n) is 17.3. The van der Waals surface area contributed by atoms with Crippen molar-refractivity contribution in [1.82, 2.24) is 9.88 Å². The second-order valence-electron chi connectivity index (χ2n) is 10.1. The van der Waals surface area contributed by atoms with E-state index in [2.05, 4.69) is 82.2 Å². The first kappa shape index (κ1) is 19.6. The molecule has 0 bridgehead atoms. The van der Waals surface area contributed by atoms with Crippen molar-refractivity contribution in [3.05, 3.63) is 40.7 Å². The van der Waals surface area contributed by atoms with Crippen LogP contribution in [-0.4, -0.2) is 28.5 Å². The van der Waals surface area contributed by atoms with Crippen molar-refractivity contribution in [2.75, 3.05) is 13.1 Å². The molecule has 2 aromatic rings. The smallest absolute Gasteiger partial charge is 0.0995 e. The van der Waals surface area contributed by atoms with E-state index in [1.54, 1.807) is 0 Å². The van der Waals surface area contributed by atoms with E-state index in [-0.39, 0.29) is 11.0 Å². The van der Waals surface area contributed by atoms with Crippen LogP contribution in [0.15, 0.2) is 35.7 Å². The summed E-state index contributed by atoms with van der Waals surface area (Å²) < 4.78 is 0. The van der Waals surface area contributed by atoms with E-state index in [0.29, 0.717) is 5.41 Å². The van der Waals surface area contributed by atoms with Gasteiger partial charge in [0.05, 0.1) is 10.7 Å². The van der Waals surface area contributed by atoms with Gasteiger partial charge < -0.3 is 0 Å². The molecule has 0 unspecified atom stereocenters. The molecule has 3 rings (SSSR count). The van der Waals surface area contributed by atoms with Crippen molar-refractivity contribution in [1.29, 1.82) is 0 Å². The summed E-state index contributed by atoms with van der Waals surface area (Å²) in [4.78, 5) is 7.79. The predicted molar refractivity (Wildman–Crippen MR) is 114 cm³/mol. The minimum Gasteiger partial charge on any atom is -0.298 e. The molecule has 1 fully saturated rings. The molecule has 0 spiro atoms. The van der Waals surface area contributed by atoms with E-state index in [1.165, 1.54) is 42.9 Å². The summed E-state index contributed by atoms with van der Waals surface area (Å²) in [6, 6.07) is 10.6. The summed E-state index contributed by atoms with van der Waals surface area (Å²) in [6.45, 7) is 16.4. The zero-order valence-corrected chi connectivity index (χ0v) is 18.1. The van der Waals surface area contributed by atoms with Crippen LogP contribution < -0.4 is 0 Å². The summed E-state index contributed by atoms with van der Waals surface area (Å²) >= 11 is 1.87. The van der Waals surface area contributed by atoms with Gasteiger partial charge in [-0.2, -0.15) is 0 Å². The lowest BCUT2D eigenvalue weighted by Crippen LogP contribution is -2.51. The van der Waals surface area contributed by atoms with Gasteiger partial charge in [0.2, 0.25) is 0 Å². The van der Waals surface area contributed by atoms with Crippen LogP contribution in [0.4, 0.5) is 0 Å². The van der Waals surface area contributed by atoms with Gasteiger partial charge in [-0.15, -0.1) is 11.3 Å². The molecule has 1 saturated heterocycles. The van der Waals surface area contributed by atoms with E-state index < -0.39 is 0 Å². The highest BCUT2D eigenvalue weighted by Gasteiger charge is 2.43. The number of rotatable bonds is 3. The van der Waals surface area contributed by atoms with Gasteiger partial charge in [-0.05, 0) is 58.5 Å². The Morgan fingerprint density at radius 1 is 1.00 bits per heavy atom. The maximum atomic E-state index is 5.15. The molecule has 142 valence electrons. The molecule has 0 aliphatic carbocycles. The molecule has 1 aliphatic rings. The maximum Gasteiger partial charge on any atom is 0.0995 e. The van der Waals surface area contributed by atoms with Crippen molar-refractivity contribution in [2.24, 2.45) is 5.41 Å². The van der Waals surface area contributed by atoms with Crippen LogP contribution in [0.1, 0.15) is 65.8 Å². The lowest BCUT2D eigenvalue weighted by molar-refractivity contribution is 0.0585. The van der Waals surface area contributed by atoms with E-state index in [4.69, 9.17) is 4.98 Å². The molecule has 1 aromatic heterocycles. The Kier molecular flexibility index (Phi) is 5.33. The van der Waals surface area contributed by atoms with E-state index in [1.807, 2.05) is 11.3 Å². The standard InChI is InChI=1S/C23H34N2S/c1-21(2,3)17-23(12-14-25(15-13-23)22(4,5)6)20-24-19(16-26-20)18-10-8-7-9-11-18/h7-11,16H,12-15,17H2,1-6H3. The van der Waals surface area contributed by atoms with Crippen molar-refractivity contribution < 1.29 is 0 Å². The number of hydrogen-bond donors (Lipinski definition) is 0. The molecule has 0 N–H and O–H groups in total. The SMILES string of the molecule is CC(C)(C)CC1(c2nc(-c3ccccc3)cs2)CCN(C(C)(C)C)CC1. The Bertz CT molecular complexity index is 711. The largest absolute Gasteiger partial charge is 0.298 e. The molecule has 0 saturated carbocycles. The number of likely N-dealkylation sites (tertiary alicyclic amines) is 1. The Labute approximate surface area is 163 Å². The minimum atomic E-state index is 0.220. The van der Waals surface area contributed by atoms with Gasteiger partial charge in [-0.25, -0.2) is 4.98 Å². The first-order valence-electron chi connectivity index (χ1n) is 9.86. The second-order valence-corrected chi connectivity index (χ2v) is 10.9. The molecule has 2 heterocycles. The molecular weight excluding hydrogens is 336 g/mol. The third kappa shape index (κ3) is 4.37. The quantitative estimate of drug-likeness (QED) is 0.623. The average Bonchev–Trinajstić information content (AvgIpc) is 3.04. The van der Waals surface area contributed by atoms with E-state index >= 15 is 0 Å². The molecule has 3 heteroatoms. The van der Waals surface area contributed by atoms with Crippen LogP contribution in [0.5, 0.6) is 0 Å². The zero-order chi connectivity index (χ0) is 19.0. The van der Waals surface area contributed by atoms with Crippen LogP contribution in [0.2, 0.25) is 0 Å². The van der Waals surface area contributed by atoms with Crippen molar-refractivity contribution in [3.63, 3.8) is 0 Å².